The van der Waals surface area contributed by atoms with E-state index >= 15 is 0 Å². The normalized spacial score (nSPS) is 16.3. The number of nitrogens with one attached hydrogen (secondary N) is 2. The molecule has 8 heteroatoms. The van der Waals surface area contributed by atoms with Crippen molar-refractivity contribution in [3.05, 3.63) is 34.2 Å². The number of likely N-dealkylation sites (tertiary alicyclic amines) is 1. The number of aryl methyl sites for hydroxylation is 1. The second-order valence-electron chi connectivity index (χ2n) is 8.33. The number of halogens is 1. The minimum atomic E-state index is -0.758. The standard InChI is InChI=1S/C21H29FN4O3/c1-14-4-5-17-18(12-14)26(20(28)24-17)15-6-9-25(10-7-15)21(2,3)13-16(23)19(27)29-11-8-22/h4-5,12,15,23H,6-11,13H2,1-3H3,(H,24,28). The van der Waals surface area contributed by atoms with Crippen molar-refractivity contribution in [2.75, 3.05) is 26.4 Å². The molecule has 0 aliphatic carbocycles. The fourth-order valence-electron chi connectivity index (χ4n) is 4.16. The van der Waals surface area contributed by atoms with Crippen LogP contribution in [0, 0.1) is 12.3 Å². The van der Waals surface area contributed by atoms with Crippen LogP contribution in [0.2, 0.25) is 0 Å². The first-order valence-electron chi connectivity index (χ1n) is 9.99. The number of esters is 1. The fraction of sp³-hybridized carbons (Fsp3) is 0.571. The van der Waals surface area contributed by atoms with Crippen LogP contribution in [0.15, 0.2) is 23.0 Å². The lowest BCUT2D eigenvalue weighted by molar-refractivity contribution is -0.136. The number of ether oxygens (including phenoxy) is 1. The average molecular weight is 404 g/mol. The number of aromatic nitrogens is 2. The number of fused-ring (bicyclic) bond motifs is 1. The minimum Gasteiger partial charge on any atom is -0.458 e. The summed E-state index contributed by atoms with van der Waals surface area (Å²) in [6.45, 7) is 6.45. The van der Waals surface area contributed by atoms with Crippen LogP contribution in [0.5, 0.6) is 0 Å². The lowest BCUT2D eigenvalue weighted by Gasteiger charge is -2.43. The Morgan fingerprint density at radius 2 is 2.03 bits per heavy atom. The molecule has 0 atom stereocenters. The van der Waals surface area contributed by atoms with E-state index in [-0.39, 0.29) is 30.5 Å². The number of aromatic amines is 1. The van der Waals surface area contributed by atoms with E-state index in [1.165, 1.54) is 0 Å². The van der Waals surface area contributed by atoms with Crippen molar-refractivity contribution in [1.29, 1.82) is 5.41 Å². The predicted octanol–water partition coefficient (Wildman–Crippen LogP) is 2.98. The molecule has 0 spiro atoms. The van der Waals surface area contributed by atoms with Crippen molar-refractivity contribution in [2.24, 2.45) is 0 Å². The zero-order chi connectivity index (χ0) is 21.2. The Balaban J connectivity index is 1.66. The molecular weight excluding hydrogens is 375 g/mol. The molecule has 1 fully saturated rings. The number of carbonyl (C=O) groups is 1. The summed E-state index contributed by atoms with van der Waals surface area (Å²) in [7, 11) is 0. The number of piperidine rings is 1. The largest absolute Gasteiger partial charge is 0.458 e. The molecule has 0 amide bonds. The molecule has 29 heavy (non-hydrogen) atoms. The number of hydrogen-bond acceptors (Lipinski definition) is 5. The molecule has 1 aromatic carbocycles. The van der Waals surface area contributed by atoms with E-state index in [1.807, 2.05) is 43.5 Å². The highest BCUT2D eigenvalue weighted by Crippen LogP contribution is 2.30. The highest BCUT2D eigenvalue weighted by Gasteiger charge is 2.34. The zero-order valence-corrected chi connectivity index (χ0v) is 17.3. The predicted molar refractivity (Wildman–Crippen MR) is 110 cm³/mol. The van der Waals surface area contributed by atoms with Crippen molar-refractivity contribution in [2.45, 2.75) is 51.6 Å². The van der Waals surface area contributed by atoms with Crippen molar-refractivity contribution < 1.29 is 13.9 Å². The van der Waals surface area contributed by atoms with Crippen molar-refractivity contribution in [1.82, 2.24) is 14.5 Å². The third kappa shape index (κ3) is 4.58. The Morgan fingerprint density at radius 1 is 1.34 bits per heavy atom. The molecule has 7 nitrogen and oxygen atoms in total. The number of alkyl halides is 1. The van der Waals surface area contributed by atoms with Crippen LogP contribution in [0.4, 0.5) is 4.39 Å². The summed E-state index contributed by atoms with van der Waals surface area (Å²) in [5, 5.41) is 7.97. The third-order valence-electron chi connectivity index (χ3n) is 5.72. The quantitative estimate of drug-likeness (QED) is 0.548. The average Bonchev–Trinajstić information content (AvgIpc) is 3.00. The van der Waals surface area contributed by atoms with E-state index in [2.05, 4.69) is 9.88 Å². The number of hydrogen-bond donors (Lipinski definition) is 2. The third-order valence-corrected chi connectivity index (χ3v) is 5.72. The fourth-order valence-corrected chi connectivity index (χ4v) is 4.16. The van der Waals surface area contributed by atoms with E-state index in [9.17, 15) is 14.0 Å². The first-order chi connectivity index (χ1) is 13.7. The van der Waals surface area contributed by atoms with E-state index in [0.717, 1.165) is 42.5 Å². The molecular formula is C21H29FN4O3. The van der Waals surface area contributed by atoms with E-state index in [4.69, 9.17) is 10.1 Å². The van der Waals surface area contributed by atoms with E-state index in [1.54, 1.807) is 0 Å². The highest BCUT2D eigenvalue weighted by molar-refractivity contribution is 6.35. The van der Waals surface area contributed by atoms with Gasteiger partial charge in [-0.25, -0.2) is 14.0 Å². The van der Waals surface area contributed by atoms with Crippen LogP contribution < -0.4 is 5.69 Å². The van der Waals surface area contributed by atoms with Gasteiger partial charge in [0.2, 0.25) is 0 Å². The molecule has 158 valence electrons. The molecule has 2 aromatic rings. The molecule has 1 saturated heterocycles. The smallest absolute Gasteiger partial charge is 0.352 e. The summed E-state index contributed by atoms with van der Waals surface area (Å²) >= 11 is 0. The van der Waals surface area contributed by atoms with Gasteiger partial charge in [0, 0.05) is 31.1 Å². The van der Waals surface area contributed by atoms with Crippen LogP contribution in [0.25, 0.3) is 11.0 Å². The van der Waals surface area contributed by atoms with Gasteiger partial charge in [0.05, 0.1) is 11.0 Å². The van der Waals surface area contributed by atoms with Crippen LogP contribution in [0.1, 0.15) is 44.7 Å². The summed E-state index contributed by atoms with van der Waals surface area (Å²) in [6, 6.07) is 6.07. The highest BCUT2D eigenvalue weighted by atomic mass is 19.1. The lowest BCUT2D eigenvalue weighted by atomic mass is 9.91. The number of H-pyrrole nitrogens is 1. The van der Waals surface area contributed by atoms with Gasteiger partial charge < -0.3 is 9.72 Å². The van der Waals surface area contributed by atoms with Gasteiger partial charge in [-0.1, -0.05) is 6.07 Å². The van der Waals surface area contributed by atoms with Gasteiger partial charge in [-0.3, -0.25) is 14.9 Å². The number of imidazole rings is 1. The van der Waals surface area contributed by atoms with Gasteiger partial charge in [0.15, 0.2) is 0 Å². The monoisotopic (exact) mass is 404 g/mol. The molecule has 3 rings (SSSR count). The van der Waals surface area contributed by atoms with Gasteiger partial charge >= 0.3 is 11.7 Å². The maximum Gasteiger partial charge on any atom is 0.352 e. The van der Waals surface area contributed by atoms with Crippen LogP contribution in [-0.4, -0.2) is 58.0 Å². The first kappa shape index (κ1) is 21.2. The molecule has 2 heterocycles. The number of benzene rings is 1. The van der Waals surface area contributed by atoms with Gasteiger partial charge in [0.1, 0.15) is 19.0 Å². The van der Waals surface area contributed by atoms with Crippen molar-refractivity contribution in [3.8, 4) is 0 Å². The molecule has 0 unspecified atom stereocenters. The summed E-state index contributed by atoms with van der Waals surface area (Å²) < 4.78 is 18.7. The summed E-state index contributed by atoms with van der Waals surface area (Å²) in [5.74, 6) is -0.758. The molecule has 0 bridgehead atoms. The maximum absolute atomic E-state index is 12.5. The zero-order valence-electron chi connectivity index (χ0n) is 17.3. The van der Waals surface area contributed by atoms with E-state index in [0.29, 0.717) is 0 Å². The molecule has 0 saturated carbocycles. The lowest BCUT2D eigenvalue weighted by Crippen LogP contribution is -2.50. The minimum absolute atomic E-state index is 0.0827. The first-order valence-corrected chi connectivity index (χ1v) is 9.99. The molecule has 2 N–H and O–H groups in total. The Bertz CT molecular complexity index is 954. The Hall–Kier alpha value is -2.48. The topological polar surface area (TPSA) is 91.2 Å². The second kappa shape index (κ2) is 8.49. The van der Waals surface area contributed by atoms with Crippen LogP contribution in [-0.2, 0) is 9.53 Å². The molecule has 1 aromatic heterocycles. The Morgan fingerprint density at radius 3 is 2.69 bits per heavy atom. The number of rotatable bonds is 7. The SMILES string of the molecule is Cc1ccc2[nH]c(=O)n(C3CCN(C(C)(C)CC(=N)C(=O)OCCF)CC3)c2c1. The van der Waals surface area contributed by atoms with Gasteiger partial charge in [-0.05, 0) is 51.3 Å². The Kier molecular flexibility index (Phi) is 6.21. The molecule has 1 aliphatic heterocycles. The summed E-state index contributed by atoms with van der Waals surface area (Å²) in [4.78, 5) is 29.5. The van der Waals surface area contributed by atoms with Gasteiger partial charge in [-0.2, -0.15) is 0 Å². The maximum atomic E-state index is 12.5. The summed E-state index contributed by atoms with van der Waals surface area (Å²) in [6.07, 6.45) is 1.85. The molecule has 0 radical (unpaired) electrons. The van der Waals surface area contributed by atoms with Gasteiger partial charge in [-0.15, -0.1) is 0 Å². The van der Waals surface area contributed by atoms with E-state index < -0.39 is 18.2 Å². The second-order valence-corrected chi connectivity index (χ2v) is 8.33. The van der Waals surface area contributed by atoms with Crippen LogP contribution in [0.3, 0.4) is 0 Å². The number of carbonyl (C=O) groups excluding carboxylic acids is 1. The van der Waals surface area contributed by atoms with Gasteiger partial charge in [0.25, 0.3) is 0 Å². The van der Waals surface area contributed by atoms with Crippen molar-refractivity contribution >= 4 is 22.7 Å². The van der Waals surface area contributed by atoms with Crippen molar-refractivity contribution in [3.63, 3.8) is 0 Å². The Labute approximate surface area is 169 Å². The molecule has 1 aliphatic rings. The summed E-state index contributed by atoms with van der Waals surface area (Å²) in [5.41, 5.74) is 2.27. The number of nitrogens with zero attached hydrogens (tertiary/aromatic N) is 2. The van der Waals surface area contributed by atoms with Crippen LogP contribution >= 0.6 is 0 Å².